The molecule has 0 aliphatic rings. The van der Waals surface area contributed by atoms with E-state index >= 15 is 0 Å². The molecule has 0 spiro atoms. The number of benzene rings is 1. The molecular weight excluding hydrogens is 370 g/mol. The molecule has 1 N–H and O–H groups in total. The number of hydrogen-bond acceptors (Lipinski definition) is 3. The number of nitrogens with zero attached hydrogens (tertiary/aromatic N) is 1. The predicted octanol–water partition coefficient (Wildman–Crippen LogP) is 5.05. The first kappa shape index (κ1) is 24.2. The third kappa shape index (κ3) is 4.77. The fourth-order valence-corrected chi connectivity index (χ4v) is 4.40. The maximum atomic E-state index is 13.6. The van der Waals surface area contributed by atoms with E-state index in [0.29, 0.717) is 11.3 Å². The largest absolute Gasteiger partial charge is 0.540 e. The van der Waals surface area contributed by atoms with Gasteiger partial charge in [-0.1, -0.05) is 34.6 Å². The van der Waals surface area contributed by atoms with E-state index in [2.05, 4.69) is 31.3 Å². The molecule has 0 fully saturated rings. The van der Waals surface area contributed by atoms with Gasteiger partial charge in [-0.25, -0.2) is 4.79 Å². The number of Topliss-reactive ketones (excluding diaryl/α,β-unsaturated/α-hetero) is 1. The lowest BCUT2D eigenvalue weighted by atomic mass is 9.79. The standard InChI is InChI=1S/C22H34NO4Si/c1-12(2)17(23(20(25)26)22(8,9)10)18(24)15-11-13(3)16(21(5,6)7)14(4)19(15)27-28/h11-12,17H,1-10H3,(H,25,26)/t17-/m0/s1. The van der Waals surface area contributed by atoms with Crippen LogP contribution in [0.4, 0.5) is 4.79 Å². The van der Waals surface area contributed by atoms with Crippen LogP contribution in [0.5, 0.6) is 5.75 Å². The summed E-state index contributed by atoms with van der Waals surface area (Å²) in [5, 5.41) is 9.84. The van der Waals surface area contributed by atoms with Gasteiger partial charge in [-0.05, 0) is 68.7 Å². The van der Waals surface area contributed by atoms with Crippen molar-refractivity contribution in [1.29, 1.82) is 0 Å². The highest BCUT2D eigenvalue weighted by Gasteiger charge is 2.41. The monoisotopic (exact) mass is 404 g/mol. The summed E-state index contributed by atoms with van der Waals surface area (Å²) < 4.78 is 5.46. The van der Waals surface area contributed by atoms with Gasteiger partial charge in [0.05, 0.1) is 5.56 Å². The first-order valence-electron chi connectivity index (χ1n) is 9.60. The van der Waals surface area contributed by atoms with Crippen molar-refractivity contribution < 1.29 is 19.1 Å². The summed E-state index contributed by atoms with van der Waals surface area (Å²) in [6.07, 6.45) is -1.11. The Morgan fingerprint density at radius 1 is 1.11 bits per heavy atom. The Morgan fingerprint density at radius 3 is 1.93 bits per heavy atom. The Kier molecular flexibility index (Phi) is 7.15. The van der Waals surface area contributed by atoms with E-state index in [0.717, 1.165) is 16.7 Å². The zero-order valence-corrected chi connectivity index (χ0v) is 19.9. The van der Waals surface area contributed by atoms with E-state index in [9.17, 15) is 14.7 Å². The minimum absolute atomic E-state index is 0.120. The van der Waals surface area contributed by atoms with Gasteiger partial charge in [0.25, 0.3) is 0 Å². The molecule has 0 bridgehead atoms. The molecule has 0 unspecified atom stereocenters. The van der Waals surface area contributed by atoms with E-state index in [-0.39, 0.29) is 17.1 Å². The fourth-order valence-electron chi connectivity index (χ4n) is 4.13. The molecule has 5 nitrogen and oxygen atoms in total. The summed E-state index contributed by atoms with van der Waals surface area (Å²) in [6, 6.07) is 1.00. The quantitative estimate of drug-likeness (QED) is 0.551. The van der Waals surface area contributed by atoms with Crippen LogP contribution >= 0.6 is 0 Å². The Bertz CT molecular complexity index is 757. The molecule has 3 radical (unpaired) electrons. The van der Waals surface area contributed by atoms with Crippen molar-refractivity contribution in [3.63, 3.8) is 0 Å². The molecule has 1 atom stereocenters. The zero-order chi connectivity index (χ0) is 22.2. The predicted molar refractivity (Wildman–Crippen MR) is 114 cm³/mol. The number of carbonyl (C=O) groups excluding carboxylic acids is 1. The lowest BCUT2D eigenvalue weighted by Crippen LogP contribution is -2.56. The Hall–Kier alpha value is -1.82. The Balaban J connectivity index is 3.73. The average Bonchev–Trinajstić information content (AvgIpc) is 2.47. The molecule has 0 saturated carbocycles. The highest BCUT2D eigenvalue weighted by molar-refractivity contribution is 6.07. The van der Waals surface area contributed by atoms with E-state index in [1.165, 1.54) is 4.90 Å². The highest BCUT2D eigenvalue weighted by Crippen LogP contribution is 2.38. The molecular formula is C22H34NO4Si. The third-order valence-electron chi connectivity index (χ3n) is 4.94. The van der Waals surface area contributed by atoms with Crippen molar-refractivity contribution in [2.24, 2.45) is 5.92 Å². The number of aryl methyl sites for hydroxylation is 1. The van der Waals surface area contributed by atoms with Gasteiger partial charge >= 0.3 is 16.6 Å². The van der Waals surface area contributed by atoms with Crippen molar-refractivity contribution in [2.45, 2.75) is 86.2 Å². The van der Waals surface area contributed by atoms with Crippen LogP contribution < -0.4 is 4.43 Å². The molecule has 1 aromatic rings. The molecule has 0 heterocycles. The summed E-state index contributed by atoms with van der Waals surface area (Å²) >= 11 is 0. The second-order valence-corrected chi connectivity index (χ2v) is 10.0. The van der Waals surface area contributed by atoms with Crippen LogP contribution in [0.3, 0.4) is 0 Å². The van der Waals surface area contributed by atoms with Crippen molar-refractivity contribution in [3.8, 4) is 5.75 Å². The van der Waals surface area contributed by atoms with Gasteiger partial charge in [0.1, 0.15) is 11.8 Å². The number of ketones is 1. The summed E-state index contributed by atoms with van der Waals surface area (Å²) in [4.78, 5) is 26.9. The Morgan fingerprint density at radius 2 is 1.61 bits per heavy atom. The first-order valence-corrected chi connectivity index (χ1v) is 10.0. The van der Waals surface area contributed by atoms with Gasteiger partial charge in [-0.3, -0.25) is 9.69 Å². The summed E-state index contributed by atoms with van der Waals surface area (Å²) in [5.41, 5.74) is 2.54. The molecule has 1 aromatic carbocycles. The molecule has 155 valence electrons. The van der Waals surface area contributed by atoms with Crippen LogP contribution in [0.1, 0.15) is 82.4 Å². The molecule has 0 aliphatic carbocycles. The second-order valence-electron chi connectivity index (χ2n) is 9.80. The normalized spacial score (nSPS) is 13.4. The van der Waals surface area contributed by atoms with Crippen LogP contribution in [0.15, 0.2) is 6.07 Å². The lowest BCUT2D eigenvalue weighted by Gasteiger charge is -2.41. The van der Waals surface area contributed by atoms with Gasteiger partial charge in [0.2, 0.25) is 0 Å². The van der Waals surface area contributed by atoms with Gasteiger partial charge in [0, 0.05) is 5.54 Å². The minimum Gasteiger partial charge on any atom is -0.540 e. The number of carboxylic acid groups (broad SMARTS) is 1. The molecule has 0 aromatic heterocycles. The number of carbonyl (C=O) groups is 2. The SMILES string of the molecule is Cc1cc(C(=O)[C@H](C(C)C)N(C(=O)O)C(C)(C)C)c(O[Si])c(C)c1C(C)(C)C. The lowest BCUT2D eigenvalue weighted by molar-refractivity contribution is 0.0442. The van der Waals surface area contributed by atoms with Crippen molar-refractivity contribution in [1.82, 2.24) is 4.90 Å². The molecule has 0 aliphatic heterocycles. The van der Waals surface area contributed by atoms with E-state index in [4.69, 9.17) is 4.43 Å². The van der Waals surface area contributed by atoms with Gasteiger partial charge < -0.3 is 9.53 Å². The van der Waals surface area contributed by atoms with Crippen LogP contribution in [-0.4, -0.2) is 43.9 Å². The summed E-state index contributed by atoms with van der Waals surface area (Å²) in [7, 11) is 3.12. The third-order valence-corrected chi connectivity index (χ3v) is 5.14. The van der Waals surface area contributed by atoms with Crippen LogP contribution in [0.25, 0.3) is 0 Å². The molecule has 1 rings (SSSR count). The van der Waals surface area contributed by atoms with Crippen molar-refractivity contribution in [2.75, 3.05) is 0 Å². The molecule has 6 heteroatoms. The summed E-state index contributed by atoms with van der Waals surface area (Å²) in [6.45, 7) is 19.4. The Labute approximate surface area is 173 Å². The maximum absolute atomic E-state index is 13.6. The maximum Gasteiger partial charge on any atom is 0.408 e. The van der Waals surface area contributed by atoms with Gasteiger partial charge in [-0.15, -0.1) is 0 Å². The molecule has 0 saturated heterocycles. The van der Waals surface area contributed by atoms with E-state index < -0.39 is 17.7 Å². The van der Waals surface area contributed by atoms with Crippen molar-refractivity contribution in [3.05, 3.63) is 28.3 Å². The van der Waals surface area contributed by atoms with Gasteiger partial charge in [-0.2, -0.15) is 0 Å². The fraction of sp³-hybridized carbons (Fsp3) is 0.636. The zero-order valence-electron chi connectivity index (χ0n) is 18.9. The number of hydrogen-bond donors (Lipinski definition) is 1. The minimum atomic E-state index is -1.11. The first-order chi connectivity index (χ1) is 12.6. The van der Waals surface area contributed by atoms with Crippen LogP contribution in [-0.2, 0) is 5.41 Å². The van der Waals surface area contributed by atoms with Crippen LogP contribution in [0, 0.1) is 19.8 Å². The smallest absolute Gasteiger partial charge is 0.408 e. The summed E-state index contributed by atoms with van der Waals surface area (Å²) in [5.74, 6) is -0.0115. The number of amides is 1. The van der Waals surface area contributed by atoms with Crippen LogP contribution in [0.2, 0.25) is 0 Å². The highest BCUT2D eigenvalue weighted by atomic mass is 28.2. The van der Waals surface area contributed by atoms with Gasteiger partial charge in [0.15, 0.2) is 5.78 Å². The number of rotatable bonds is 5. The topological polar surface area (TPSA) is 66.8 Å². The molecule has 28 heavy (non-hydrogen) atoms. The average molecular weight is 405 g/mol. The van der Waals surface area contributed by atoms with E-state index in [1.807, 2.05) is 33.8 Å². The van der Waals surface area contributed by atoms with Crippen molar-refractivity contribution >= 4 is 22.4 Å². The van der Waals surface area contributed by atoms with E-state index in [1.54, 1.807) is 20.8 Å². The molecule has 1 amide bonds. The second kappa shape index (κ2) is 8.27.